The molecule has 4 N–H and O–H groups in total. The van der Waals surface area contributed by atoms with Crippen LogP contribution in [-0.2, 0) is 33.3 Å². The maximum Gasteiger partial charge on any atom is 0.333 e. The molecule has 1 aromatic carbocycles. The fourth-order valence-electron chi connectivity index (χ4n) is 4.86. The Bertz CT molecular complexity index is 1240. The third-order valence-electron chi connectivity index (χ3n) is 8.04. The van der Waals surface area contributed by atoms with Crippen LogP contribution in [0.15, 0.2) is 35.4 Å². The van der Waals surface area contributed by atoms with Crippen molar-refractivity contribution in [3.05, 3.63) is 46.6 Å². The summed E-state index contributed by atoms with van der Waals surface area (Å²) < 4.78 is 35.0. The number of phenols is 1. The zero-order chi connectivity index (χ0) is 33.0. The minimum atomic E-state index is -1.69. The Morgan fingerprint density at radius 2 is 1.34 bits per heavy atom. The average Bonchev–Trinajstić information content (AvgIpc) is 2.98. The van der Waals surface area contributed by atoms with E-state index >= 15 is 0 Å². The molecule has 2 heterocycles. The summed E-state index contributed by atoms with van der Waals surface area (Å²) in [5.41, 5.74) is 1.78. The van der Waals surface area contributed by atoms with Gasteiger partial charge in [0, 0.05) is 16.7 Å². The molecule has 0 bridgehead atoms. The van der Waals surface area contributed by atoms with Crippen LogP contribution in [0, 0.1) is 6.92 Å². The maximum atomic E-state index is 12.8. The summed E-state index contributed by atoms with van der Waals surface area (Å²) in [4.78, 5) is 25.3. The average molecular weight is 623 g/mol. The number of phenolic OH excluding ortho intramolecular Hbond substituents is 1. The number of allylic oxidation sites excluding steroid dienone is 2. The molecule has 2 saturated heterocycles. The van der Waals surface area contributed by atoms with Gasteiger partial charge in [0.15, 0.2) is 30.0 Å². The van der Waals surface area contributed by atoms with Crippen LogP contribution in [0.2, 0.25) is 0 Å². The van der Waals surface area contributed by atoms with Crippen LogP contribution in [0.25, 0.3) is 0 Å². The first-order chi connectivity index (χ1) is 20.6. The molecule has 2 fully saturated rings. The molecule has 0 saturated carbocycles. The molecule has 1 aromatic rings. The molecular formula is C32H46O12. The molecule has 12 nitrogen and oxygen atoms in total. The third-order valence-corrected chi connectivity index (χ3v) is 8.04. The monoisotopic (exact) mass is 622 g/mol. The zero-order valence-corrected chi connectivity index (χ0v) is 26.7. The number of aliphatic hydroxyl groups excluding tert-OH is 3. The van der Waals surface area contributed by atoms with E-state index in [4.69, 9.17) is 28.4 Å². The molecule has 2 aliphatic rings. The Labute approximate surface area is 258 Å². The standard InChI is InChI=1S/C32H46O12/c1-10-15(5)29(37)41-25-19(9)40-32(43-26-20(14(3)4)13-12-17(7)21(26)33)24(36)28(25)44-31-23(35)27(22(34)18(8)39-31)42-30(38)16(6)11-2/h10-14,18-19,22-25,27-28,31-36H,1-9H3/t18-,19-,22+,23-,24-,25+,27+,28-,31+,32+/m1/s1. The number of ether oxygens (including phenoxy) is 6. The number of esters is 2. The molecule has 10 atom stereocenters. The van der Waals surface area contributed by atoms with E-state index in [0.29, 0.717) is 16.7 Å². The normalized spacial score (nSPS) is 33.2. The van der Waals surface area contributed by atoms with Crippen LogP contribution in [0.1, 0.15) is 72.4 Å². The molecule has 12 heteroatoms. The fourth-order valence-corrected chi connectivity index (χ4v) is 4.86. The molecule has 2 aliphatic heterocycles. The first-order valence-corrected chi connectivity index (χ1v) is 14.8. The summed E-state index contributed by atoms with van der Waals surface area (Å²) in [6.07, 6.45) is -10.5. The lowest BCUT2D eigenvalue weighted by molar-refractivity contribution is -0.347. The number of hydrogen-bond acceptors (Lipinski definition) is 12. The van der Waals surface area contributed by atoms with Crippen molar-refractivity contribution in [3.8, 4) is 11.5 Å². The number of hydrogen-bond donors (Lipinski definition) is 4. The largest absolute Gasteiger partial charge is 0.504 e. The van der Waals surface area contributed by atoms with Crippen LogP contribution in [0.5, 0.6) is 11.5 Å². The Kier molecular flexibility index (Phi) is 12.0. The molecule has 0 spiro atoms. The van der Waals surface area contributed by atoms with Crippen LogP contribution in [0.4, 0.5) is 0 Å². The molecule has 3 rings (SSSR count). The molecule has 0 radical (unpaired) electrons. The van der Waals surface area contributed by atoms with Gasteiger partial charge in [-0.15, -0.1) is 0 Å². The number of aliphatic hydroxyl groups is 3. The quantitative estimate of drug-likeness (QED) is 0.235. The highest BCUT2D eigenvalue weighted by atomic mass is 16.7. The molecule has 0 unspecified atom stereocenters. The second kappa shape index (κ2) is 14.9. The molecule has 0 amide bonds. The number of aryl methyl sites for hydroxylation is 1. The SMILES string of the molecule is CC=C(C)C(=O)O[C@H]1[C@@H](O)[C@@H](C)O[C@@H](O[C@@H]2[C@@H](O)[C@H](Oc3c(C(C)C)ccc(C)c3O)O[C@H](C)[C@@H]2OC(=O)C(C)=CC)[C@@H]1O. The van der Waals surface area contributed by atoms with Gasteiger partial charge >= 0.3 is 11.9 Å². The van der Waals surface area contributed by atoms with E-state index < -0.39 is 73.4 Å². The third kappa shape index (κ3) is 7.61. The Balaban J connectivity index is 1.98. The van der Waals surface area contributed by atoms with E-state index in [2.05, 4.69) is 0 Å². The summed E-state index contributed by atoms with van der Waals surface area (Å²) in [6.45, 7) is 15.0. The van der Waals surface area contributed by atoms with Gasteiger partial charge in [0.1, 0.15) is 24.4 Å². The highest BCUT2D eigenvalue weighted by Crippen LogP contribution is 2.40. The van der Waals surface area contributed by atoms with Crippen molar-refractivity contribution in [2.45, 2.75) is 130 Å². The smallest absolute Gasteiger partial charge is 0.333 e. The van der Waals surface area contributed by atoms with E-state index in [1.54, 1.807) is 46.8 Å². The van der Waals surface area contributed by atoms with E-state index in [-0.39, 0.29) is 23.0 Å². The highest BCUT2D eigenvalue weighted by molar-refractivity contribution is 5.88. The number of aromatic hydroxyl groups is 1. The van der Waals surface area contributed by atoms with Gasteiger partial charge in [-0.1, -0.05) is 38.1 Å². The van der Waals surface area contributed by atoms with E-state index in [1.807, 2.05) is 19.9 Å². The first-order valence-electron chi connectivity index (χ1n) is 14.8. The lowest BCUT2D eigenvalue weighted by Gasteiger charge is -2.46. The number of rotatable bonds is 9. The van der Waals surface area contributed by atoms with Crippen molar-refractivity contribution in [2.75, 3.05) is 0 Å². The second-order valence-corrected chi connectivity index (χ2v) is 11.6. The Hall–Kier alpha value is -3.00. The van der Waals surface area contributed by atoms with Crippen LogP contribution < -0.4 is 4.74 Å². The van der Waals surface area contributed by atoms with Gasteiger partial charge in [-0.3, -0.25) is 0 Å². The second-order valence-electron chi connectivity index (χ2n) is 11.6. The lowest BCUT2D eigenvalue weighted by atomic mass is 9.96. The van der Waals surface area contributed by atoms with Gasteiger partial charge in [-0.25, -0.2) is 9.59 Å². The van der Waals surface area contributed by atoms with Crippen molar-refractivity contribution in [2.24, 2.45) is 0 Å². The van der Waals surface area contributed by atoms with Gasteiger partial charge in [-0.2, -0.15) is 0 Å². The van der Waals surface area contributed by atoms with Gasteiger partial charge < -0.3 is 48.8 Å². The topological polar surface area (TPSA) is 170 Å². The number of carbonyl (C=O) groups excluding carboxylic acids is 2. The lowest BCUT2D eigenvalue weighted by Crippen LogP contribution is -2.65. The Morgan fingerprint density at radius 1 is 0.818 bits per heavy atom. The zero-order valence-electron chi connectivity index (χ0n) is 26.7. The van der Waals surface area contributed by atoms with E-state index in [1.165, 1.54) is 19.9 Å². The first kappa shape index (κ1) is 35.5. The van der Waals surface area contributed by atoms with Crippen molar-refractivity contribution in [1.82, 2.24) is 0 Å². The molecule has 0 aliphatic carbocycles. The molecule has 246 valence electrons. The van der Waals surface area contributed by atoms with Gasteiger partial charge in [0.25, 0.3) is 0 Å². The minimum Gasteiger partial charge on any atom is -0.504 e. The summed E-state index contributed by atoms with van der Waals surface area (Å²) in [7, 11) is 0. The fraction of sp³-hybridized carbons (Fsp3) is 0.625. The van der Waals surface area contributed by atoms with E-state index in [9.17, 15) is 30.0 Å². The minimum absolute atomic E-state index is 0.0521. The highest BCUT2D eigenvalue weighted by Gasteiger charge is 2.53. The van der Waals surface area contributed by atoms with Crippen LogP contribution >= 0.6 is 0 Å². The Morgan fingerprint density at radius 3 is 1.89 bits per heavy atom. The van der Waals surface area contributed by atoms with Crippen molar-refractivity contribution < 1.29 is 58.4 Å². The van der Waals surface area contributed by atoms with Crippen molar-refractivity contribution in [1.29, 1.82) is 0 Å². The van der Waals surface area contributed by atoms with Crippen LogP contribution in [-0.4, -0.2) is 93.8 Å². The summed E-state index contributed by atoms with van der Waals surface area (Å²) in [5, 5.41) is 44.3. The van der Waals surface area contributed by atoms with Gasteiger partial charge in [0.05, 0.1) is 12.2 Å². The van der Waals surface area contributed by atoms with Crippen molar-refractivity contribution in [3.63, 3.8) is 0 Å². The van der Waals surface area contributed by atoms with Crippen molar-refractivity contribution >= 4 is 11.9 Å². The van der Waals surface area contributed by atoms with Gasteiger partial charge in [-0.05, 0) is 59.9 Å². The maximum absolute atomic E-state index is 12.8. The predicted molar refractivity (Wildman–Crippen MR) is 158 cm³/mol. The molecule has 44 heavy (non-hydrogen) atoms. The molecule has 0 aromatic heterocycles. The van der Waals surface area contributed by atoms with Gasteiger partial charge in [0.2, 0.25) is 6.29 Å². The number of carbonyl (C=O) groups is 2. The van der Waals surface area contributed by atoms with Crippen LogP contribution in [0.3, 0.4) is 0 Å². The summed E-state index contributed by atoms with van der Waals surface area (Å²) >= 11 is 0. The summed E-state index contributed by atoms with van der Waals surface area (Å²) in [5.74, 6) is -1.49. The van der Waals surface area contributed by atoms with E-state index in [0.717, 1.165) is 0 Å². The molecular weight excluding hydrogens is 576 g/mol. The number of benzene rings is 1. The summed E-state index contributed by atoms with van der Waals surface area (Å²) in [6, 6.07) is 3.56. The predicted octanol–water partition coefficient (Wildman–Crippen LogP) is 2.92.